The molecule has 0 fully saturated rings. The summed E-state index contributed by atoms with van der Waals surface area (Å²) in [6.45, 7) is 18.1. The fourth-order valence-corrected chi connectivity index (χ4v) is 7.69. The molecule has 0 amide bonds. The molecular formula is C48H54N4O. The molecule has 3 heterocycles. The molecule has 0 saturated heterocycles. The van der Waals surface area contributed by atoms with Gasteiger partial charge in [-0.2, -0.15) is 5.10 Å². The summed E-state index contributed by atoms with van der Waals surface area (Å²) >= 11 is 0. The zero-order valence-corrected chi connectivity index (χ0v) is 32.8. The lowest BCUT2D eigenvalue weighted by atomic mass is 9.88. The van der Waals surface area contributed by atoms with E-state index < -0.39 is 0 Å². The number of hydrogen-bond acceptors (Lipinski definition) is 3. The smallest absolute Gasteiger partial charge is 0.137 e. The number of hydrogen-bond donors (Lipinski definition) is 0. The zero-order chi connectivity index (χ0) is 37.3. The zero-order valence-electron chi connectivity index (χ0n) is 32.8. The van der Waals surface area contributed by atoms with Gasteiger partial charge in [0.2, 0.25) is 0 Å². The van der Waals surface area contributed by atoms with E-state index in [4.69, 9.17) is 14.8 Å². The van der Waals surface area contributed by atoms with Gasteiger partial charge in [0.25, 0.3) is 0 Å². The van der Waals surface area contributed by atoms with Crippen LogP contribution in [0.2, 0.25) is 0 Å². The van der Waals surface area contributed by atoms with Gasteiger partial charge in [0, 0.05) is 34.7 Å². The maximum atomic E-state index is 6.69. The van der Waals surface area contributed by atoms with Crippen LogP contribution in [0.1, 0.15) is 103 Å². The Hall–Kier alpha value is -5.16. The van der Waals surface area contributed by atoms with Crippen LogP contribution >= 0.6 is 0 Å². The van der Waals surface area contributed by atoms with Gasteiger partial charge in [-0.05, 0) is 102 Å². The second-order valence-electron chi connectivity index (χ2n) is 16.0. The minimum atomic E-state index is 0.000293. The van der Waals surface area contributed by atoms with Crippen molar-refractivity contribution in [2.45, 2.75) is 98.8 Å². The number of nitrogens with zero attached hydrogens (tertiary/aromatic N) is 4. The van der Waals surface area contributed by atoms with Crippen LogP contribution in [0.4, 0.5) is 0 Å². The summed E-state index contributed by atoms with van der Waals surface area (Å²) < 4.78 is 11.1. The average Bonchev–Trinajstić information content (AvgIpc) is 3.70. The number of pyridine rings is 1. The molecule has 4 aromatic carbocycles. The monoisotopic (exact) mass is 702 g/mol. The van der Waals surface area contributed by atoms with Crippen molar-refractivity contribution in [2.75, 3.05) is 0 Å². The lowest BCUT2D eigenvalue weighted by Crippen LogP contribution is -2.12. The molecule has 0 aliphatic rings. The first-order valence-corrected chi connectivity index (χ1v) is 19.5. The molecule has 7 rings (SSSR count). The molecule has 7 aromatic rings. The highest BCUT2D eigenvalue weighted by molar-refractivity contribution is 6.09. The molecule has 53 heavy (non-hydrogen) atoms. The van der Waals surface area contributed by atoms with Crippen molar-refractivity contribution >= 4 is 21.8 Å². The first kappa shape index (κ1) is 36.2. The van der Waals surface area contributed by atoms with E-state index in [0.29, 0.717) is 5.92 Å². The molecule has 1 atom stereocenters. The summed E-state index contributed by atoms with van der Waals surface area (Å²) in [5.74, 6) is 3.70. The SMILES string of the molecule is CCc1nn(-c2cccc(Oc3ccc4c5cc(C(C)CCCC(C)C)ccc5n(-c5cc(C(C)(C)C)ccn5)c4c3)c2)c(CC)c1-c1ccccc1. The Morgan fingerprint density at radius 3 is 2.25 bits per heavy atom. The Balaban J connectivity index is 1.30. The molecule has 272 valence electrons. The predicted octanol–water partition coefficient (Wildman–Crippen LogP) is 13.2. The second kappa shape index (κ2) is 15.1. The Kier molecular flexibility index (Phi) is 10.3. The molecule has 0 aliphatic heterocycles. The van der Waals surface area contributed by atoms with Gasteiger partial charge >= 0.3 is 0 Å². The molecular weight excluding hydrogens is 649 g/mol. The summed E-state index contributed by atoms with van der Waals surface area (Å²) in [5.41, 5.74) is 10.6. The molecule has 0 aliphatic carbocycles. The Labute approximate surface area is 315 Å². The number of fused-ring (bicyclic) bond motifs is 3. The topological polar surface area (TPSA) is 44.9 Å². The highest BCUT2D eigenvalue weighted by Crippen LogP contribution is 2.38. The van der Waals surface area contributed by atoms with E-state index in [0.717, 1.165) is 58.5 Å². The molecule has 3 aromatic heterocycles. The summed E-state index contributed by atoms with van der Waals surface area (Å²) in [6.07, 6.45) is 7.38. The van der Waals surface area contributed by atoms with Gasteiger partial charge in [-0.15, -0.1) is 0 Å². The Morgan fingerprint density at radius 2 is 1.51 bits per heavy atom. The third-order valence-electron chi connectivity index (χ3n) is 10.7. The van der Waals surface area contributed by atoms with Crippen LogP contribution < -0.4 is 4.74 Å². The number of ether oxygens (including phenoxy) is 1. The van der Waals surface area contributed by atoms with Crippen molar-refractivity contribution in [2.24, 2.45) is 5.92 Å². The third kappa shape index (κ3) is 7.40. The van der Waals surface area contributed by atoms with Crippen LogP contribution in [-0.2, 0) is 18.3 Å². The summed E-state index contributed by atoms with van der Waals surface area (Å²) in [6, 6.07) is 36.8. The number of aryl methyl sites for hydroxylation is 1. The van der Waals surface area contributed by atoms with Crippen LogP contribution in [0.25, 0.3) is 44.4 Å². The van der Waals surface area contributed by atoms with E-state index in [1.54, 1.807) is 0 Å². The van der Waals surface area contributed by atoms with Crippen molar-refractivity contribution in [1.29, 1.82) is 0 Å². The molecule has 0 bridgehead atoms. The number of aromatic nitrogens is 4. The van der Waals surface area contributed by atoms with Gasteiger partial charge in [-0.3, -0.25) is 4.57 Å². The van der Waals surface area contributed by atoms with Crippen LogP contribution in [0, 0.1) is 5.92 Å². The fourth-order valence-electron chi connectivity index (χ4n) is 7.69. The highest BCUT2D eigenvalue weighted by Gasteiger charge is 2.21. The fraction of sp³-hybridized carbons (Fsp3) is 0.333. The molecule has 0 saturated carbocycles. The Bertz CT molecular complexity index is 2360. The minimum Gasteiger partial charge on any atom is -0.457 e. The van der Waals surface area contributed by atoms with E-state index in [9.17, 15) is 0 Å². The maximum Gasteiger partial charge on any atom is 0.137 e. The highest BCUT2D eigenvalue weighted by atomic mass is 16.5. The van der Waals surface area contributed by atoms with Gasteiger partial charge in [-0.1, -0.05) is 111 Å². The summed E-state index contributed by atoms with van der Waals surface area (Å²) in [7, 11) is 0. The standard InChI is InChI=1S/C48H54N4O/c1-9-42-47(34-18-12-11-13-19-34)43(10-2)52(50-42)37-20-15-21-38(30-37)53-39-23-24-40-41-28-35(33(5)17-14-16-32(3)4)22-25-44(41)51(45(40)31-39)46-29-36(26-27-49-46)48(6,7)8/h11-13,15,18-33H,9-10,14,16-17H2,1-8H3. The second-order valence-corrected chi connectivity index (χ2v) is 16.0. The van der Waals surface area contributed by atoms with Gasteiger partial charge < -0.3 is 4.74 Å². The first-order chi connectivity index (χ1) is 25.5. The van der Waals surface area contributed by atoms with Crippen molar-refractivity contribution in [1.82, 2.24) is 19.3 Å². The average molecular weight is 703 g/mol. The quantitative estimate of drug-likeness (QED) is 0.127. The van der Waals surface area contributed by atoms with Crippen molar-refractivity contribution in [3.63, 3.8) is 0 Å². The molecule has 1 unspecified atom stereocenters. The molecule has 5 nitrogen and oxygen atoms in total. The maximum absolute atomic E-state index is 6.69. The lowest BCUT2D eigenvalue weighted by molar-refractivity contribution is 0.482. The van der Waals surface area contributed by atoms with E-state index >= 15 is 0 Å². The van der Waals surface area contributed by atoms with Gasteiger partial charge in [0.15, 0.2) is 0 Å². The third-order valence-corrected chi connectivity index (χ3v) is 10.7. The van der Waals surface area contributed by atoms with Crippen molar-refractivity contribution in [3.05, 3.63) is 132 Å². The van der Waals surface area contributed by atoms with Gasteiger partial charge in [-0.25, -0.2) is 9.67 Å². The van der Waals surface area contributed by atoms with E-state index in [-0.39, 0.29) is 5.41 Å². The van der Waals surface area contributed by atoms with Crippen LogP contribution in [0.5, 0.6) is 11.5 Å². The lowest BCUT2D eigenvalue weighted by Gasteiger charge is -2.20. The molecule has 0 N–H and O–H groups in total. The van der Waals surface area contributed by atoms with Crippen LogP contribution in [0.3, 0.4) is 0 Å². The predicted molar refractivity (Wildman–Crippen MR) is 222 cm³/mol. The normalized spacial score (nSPS) is 12.6. The van der Waals surface area contributed by atoms with Crippen LogP contribution in [-0.4, -0.2) is 19.3 Å². The Morgan fingerprint density at radius 1 is 0.717 bits per heavy atom. The molecule has 5 heteroatoms. The molecule has 0 radical (unpaired) electrons. The largest absolute Gasteiger partial charge is 0.457 e. The first-order valence-electron chi connectivity index (χ1n) is 19.5. The summed E-state index contributed by atoms with van der Waals surface area (Å²) in [4.78, 5) is 4.94. The minimum absolute atomic E-state index is 0.000293. The molecule has 0 spiro atoms. The number of benzene rings is 4. The van der Waals surface area contributed by atoms with Crippen LogP contribution in [0.15, 0.2) is 109 Å². The van der Waals surface area contributed by atoms with Crippen molar-refractivity contribution in [3.8, 4) is 34.1 Å². The van der Waals surface area contributed by atoms with E-state index in [1.807, 2.05) is 12.3 Å². The van der Waals surface area contributed by atoms with Gasteiger partial charge in [0.05, 0.1) is 28.1 Å². The van der Waals surface area contributed by atoms with E-state index in [1.165, 1.54) is 58.0 Å². The van der Waals surface area contributed by atoms with Crippen molar-refractivity contribution < 1.29 is 4.74 Å². The summed E-state index contributed by atoms with van der Waals surface area (Å²) in [5, 5.41) is 7.57. The van der Waals surface area contributed by atoms with Gasteiger partial charge in [0.1, 0.15) is 17.3 Å². The van der Waals surface area contributed by atoms with E-state index in [2.05, 4.69) is 162 Å². The number of rotatable bonds is 12.